The van der Waals surface area contributed by atoms with E-state index in [1.165, 1.54) is 6.26 Å². The molecule has 0 radical (unpaired) electrons. The Balaban J connectivity index is 1.93. The van der Waals surface area contributed by atoms with E-state index in [1.54, 1.807) is 35.5 Å². The van der Waals surface area contributed by atoms with Crippen molar-refractivity contribution in [2.24, 2.45) is 5.10 Å². The number of oxazole rings is 1. The Labute approximate surface area is 115 Å². The first kappa shape index (κ1) is 12.2. The molecule has 2 heterocycles. The molecule has 0 amide bonds. The zero-order valence-corrected chi connectivity index (χ0v) is 10.6. The summed E-state index contributed by atoms with van der Waals surface area (Å²) in [5, 5.41) is 24.6. The Morgan fingerprint density at radius 2 is 2.20 bits per heavy atom. The first-order valence-corrected chi connectivity index (χ1v) is 6.20. The number of phenols is 1. The molecule has 2 aromatic rings. The lowest BCUT2D eigenvalue weighted by atomic mass is 10.1. The number of hydrazone groups is 1. The minimum Gasteiger partial charge on any atom is -0.508 e. The third-order valence-electron chi connectivity index (χ3n) is 3.12. The van der Waals surface area contributed by atoms with Crippen molar-refractivity contribution in [1.29, 1.82) is 5.26 Å². The lowest BCUT2D eigenvalue weighted by molar-refractivity contribution is 0.475. The second-order valence-corrected chi connectivity index (χ2v) is 4.47. The van der Waals surface area contributed by atoms with Crippen LogP contribution in [0.2, 0.25) is 0 Å². The average molecular weight is 268 g/mol. The summed E-state index contributed by atoms with van der Waals surface area (Å²) in [4.78, 5) is 4.09. The summed E-state index contributed by atoms with van der Waals surface area (Å²) in [7, 11) is 0. The third-order valence-corrected chi connectivity index (χ3v) is 3.12. The van der Waals surface area contributed by atoms with E-state index in [-0.39, 0.29) is 11.8 Å². The Bertz CT molecular complexity index is 655. The number of phenolic OH excluding ortho intramolecular Hbond substituents is 1. The number of rotatable bonds is 3. The van der Waals surface area contributed by atoms with Crippen molar-refractivity contribution in [3.8, 4) is 11.8 Å². The summed E-state index contributed by atoms with van der Waals surface area (Å²) in [6.07, 6.45) is 4.03. The van der Waals surface area contributed by atoms with Crippen molar-refractivity contribution in [2.75, 3.05) is 5.01 Å². The molecule has 1 aliphatic rings. The van der Waals surface area contributed by atoms with E-state index < -0.39 is 0 Å². The van der Waals surface area contributed by atoms with Crippen LogP contribution in [0.1, 0.15) is 18.7 Å². The first-order valence-electron chi connectivity index (χ1n) is 6.20. The summed E-state index contributed by atoms with van der Waals surface area (Å²) in [5.41, 5.74) is 1.55. The molecule has 0 spiro atoms. The van der Waals surface area contributed by atoms with Gasteiger partial charge in [0.15, 0.2) is 0 Å². The predicted molar refractivity (Wildman–Crippen MR) is 72.3 cm³/mol. The Hall–Kier alpha value is -2.81. The molecule has 0 bridgehead atoms. The predicted octanol–water partition coefficient (Wildman–Crippen LogP) is 2.28. The molecular weight excluding hydrogens is 256 g/mol. The number of hydrogen-bond donors (Lipinski definition) is 1. The van der Waals surface area contributed by atoms with Crippen molar-refractivity contribution in [3.63, 3.8) is 0 Å². The van der Waals surface area contributed by atoms with E-state index in [9.17, 15) is 5.11 Å². The molecular formula is C14H12N4O2. The van der Waals surface area contributed by atoms with E-state index in [4.69, 9.17) is 9.68 Å². The van der Waals surface area contributed by atoms with Gasteiger partial charge >= 0.3 is 0 Å². The Morgan fingerprint density at radius 1 is 1.40 bits per heavy atom. The van der Waals surface area contributed by atoms with Gasteiger partial charge in [0.25, 0.3) is 0 Å². The maximum absolute atomic E-state index is 9.34. The normalized spacial score (nSPS) is 17.9. The minimum atomic E-state index is -0.0496. The molecule has 1 N–H and O–H groups in total. The summed E-state index contributed by atoms with van der Waals surface area (Å²) < 4.78 is 5.26. The van der Waals surface area contributed by atoms with Gasteiger partial charge in [0, 0.05) is 6.42 Å². The average Bonchev–Trinajstić information content (AvgIpc) is 3.09. The van der Waals surface area contributed by atoms with Gasteiger partial charge in [0.1, 0.15) is 17.7 Å². The highest BCUT2D eigenvalue weighted by atomic mass is 16.3. The van der Waals surface area contributed by atoms with Crippen molar-refractivity contribution in [1.82, 2.24) is 4.98 Å². The van der Waals surface area contributed by atoms with Crippen LogP contribution in [0.5, 0.6) is 5.75 Å². The van der Waals surface area contributed by atoms with Crippen molar-refractivity contribution in [2.45, 2.75) is 18.9 Å². The largest absolute Gasteiger partial charge is 0.508 e. The summed E-state index contributed by atoms with van der Waals surface area (Å²) >= 11 is 0. The van der Waals surface area contributed by atoms with Crippen LogP contribution >= 0.6 is 0 Å². The topological polar surface area (TPSA) is 85.7 Å². The molecule has 0 fully saturated rings. The van der Waals surface area contributed by atoms with Crippen LogP contribution in [0.25, 0.3) is 0 Å². The van der Waals surface area contributed by atoms with Gasteiger partial charge in [-0.1, -0.05) is 0 Å². The monoisotopic (exact) mass is 268 g/mol. The van der Waals surface area contributed by atoms with E-state index in [2.05, 4.69) is 16.2 Å². The zero-order valence-electron chi connectivity index (χ0n) is 10.6. The van der Waals surface area contributed by atoms with E-state index in [0.29, 0.717) is 18.7 Å². The van der Waals surface area contributed by atoms with Gasteiger partial charge in [-0.05, 0) is 24.3 Å². The van der Waals surface area contributed by atoms with E-state index >= 15 is 0 Å². The highest BCUT2D eigenvalue weighted by molar-refractivity contribution is 5.99. The third kappa shape index (κ3) is 2.21. The lowest BCUT2D eigenvalue weighted by Gasteiger charge is -2.21. The minimum absolute atomic E-state index is 0.0496. The van der Waals surface area contributed by atoms with Crippen molar-refractivity contribution in [3.05, 3.63) is 42.6 Å². The summed E-state index contributed by atoms with van der Waals surface area (Å²) in [5.74, 6) is 0.677. The lowest BCUT2D eigenvalue weighted by Crippen LogP contribution is -2.25. The fourth-order valence-electron chi connectivity index (χ4n) is 2.20. The van der Waals surface area contributed by atoms with Gasteiger partial charge in [-0.3, -0.25) is 5.01 Å². The number of nitrogens with zero attached hydrogens (tertiary/aromatic N) is 4. The van der Waals surface area contributed by atoms with Crippen LogP contribution < -0.4 is 5.01 Å². The van der Waals surface area contributed by atoms with Crippen LogP contribution in [0.4, 0.5) is 5.69 Å². The maximum atomic E-state index is 9.34. The molecule has 0 saturated heterocycles. The molecule has 3 rings (SSSR count). The molecule has 1 unspecified atom stereocenters. The Morgan fingerprint density at radius 3 is 2.85 bits per heavy atom. The molecule has 1 aliphatic heterocycles. The molecule has 20 heavy (non-hydrogen) atoms. The molecule has 1 atom stereocenters. The van der Waals surface area contributed by atoms with Crippen LogP contribution in [0.15, 0.2) is 46.2 Å². The zero-order chi connectivity index (χ0) is 13.9. The molecule has 100 valence electrons. The van der Waals surface area contributed by atoms with Gasteiger partial charge in [0.2, 0.25) is 5.89 Å². The van der Waals surface area contributed by atoms with Crippen LogP contribution in [0, 0.1) is 11.3 Å². The SMILES string of the molecule is N#CCC1CC(c2ncco2)=NN1c1ccc(O)cc1. The molecule has 6 nitrogen and oxygen atoms in total. The van der Waals surface area contributed by atoms with Crippen LogP contribution in [-0.2, 0) is 0 Å². The van der Waals surface area contributed by atoms with Gasteiger partial charge in [-0.25, -0.2) is 4.98 Å². The molecule has 1 aromatic carbocycles. The number of hydrogen-bond acceptors (Lipinski definition) is 6. The highest BCUT2D eigenvalue weighted by Crippen LogP contribution is 2.29. The summed E-state index contributed by atoms with van der Waals surface area (Å²) in [6, 6.07) is 8.84. The number of benzene rings is 1. The fraction of sp³-hybridized carbons (Fsp3) is 0.214. The highest BCUT2D eigenvalue weighted by Gasteiger charge is 2.30. The van der Waals surface area contributed by atoms with Crippen LogP contribution in [0.3, 0.4) is 0 Å². The van der Waals surface area contributed by atoms with Gasteiger partial charge in [-0.2, -0.15) is 10.4 Å². The van der Waals surface area contributed by atoms with Gasteiger partial charge < -0.3 is 9.52 Å². The number of anilines is 1. The van der Waals surface area contributed by atoms with Crippen LogP contribution in [-0.4, -0.2) is 21.8 Å². The molecule has 0 saturated carbocycles. The second kappa shape index (κ2) is 5.05. The molecule has 6 heteroatoms. The standard InChI is InChI=1S/C14H12N4O2/c15-6-5-11-9-13(14-16-7-8-20-14)17-18(11)10-1-3-12(19)4-2-10/h1-4,7-8,11,19H,5,9H2. The first-order chi connectivity index (χ1) is 9.78. The molecule has 1 aromatic heterocycles. The maximum Gasteiger partial charge on any atom is 0.242 e. The van der Waals surface area contributed by atoms with E-state index in [1.807, 2.05) is 0 Å². The number of nitriles is 1. The van der Waals surface area contributed by atoms with Gasteiger partial charge in [0.05, 0.1) is 30.4 Å². The van der Waals surface area contributed by atoms with E-state index in [0.717, 1.165) is 11.4 Å². The number of aromatic nitrogens is 1. The smallest absolute Gasteiger partial charge is 0.242 e. The molecule has 0 aliphatic carbocycles. The second-order valence-electron chi connectivity index (χ2n) is 4.47. The van der Waals surface area contributed by atoms with Crippen molar-refractivity contribution < 1.29 is 9.52 Å². The quantitative estimate of drug-likeness (QED) is 0.922. The van der Waals surface area contributed by atoms with Crippen molar-refractivity contribution >= 4 is 11.4 Å². The summed E-state index contributed by atoms with van der Waals surface area (Å²) in [6.45, 7) is 0. The Kier molecular flexibility index (Phi) is 3.09. The fourth-order valence-corrected chi connectivity index (χ4v) is 2.20. The van der Waals surface area contributed by atoms with Gasteiger partial charge in [-0.15, -0.1) is 0 Å². The number of aromatic hydroxyl groups is 1.